The first kappa shape index (κ1) is 21.0. The second kappa shape index (κ2) is 8.89. The van der Waals surface area contributed by atoms with Crippen LogP contribution in [0, 0.1) is 6.92 Å². The minimum atomic E-state index is -0.634. The van der Waals surface area contributed by atoms with Crippen molar-refractivity contribution in [3.05, 3.63) is 50.9 Å². The molecule has 0 radical (unpaired) electrons. The molecule has 0 unspecified atom stereocenters. The number of ether oxygens (including phenoxy) is 2. The third-order valence-corrected chi connectivity index (χ3v) is 6.47. The van der Waals surface area contributed by atoms with Gasteiger partial charge in [0.2, 0.25) is 0 Å². The lowest BCUT2D eigenvalue weighted by Crippen LogP contribution is -2.24. The number of thiophene rings is 1. The summed E-state index contributed by atoms with van der Waals surface area (Å²) >= 11 is 1.14. The number of aromatic nitrogens is 2. The van der Waals surface area contributed by atoms with Crippen LogP contribution in [0.25, 0.3) is 10.2 Å². The van der Waals surface area contributed by atoms with Crippen LogP contribution < -0.4 is 15.6 Å². The van der Waals surface area contributed by atoms with Crippen LogP contribution in [0.4, 0.5) is 5.69 Å². The van der Waals surface area contributed by atoms with Gasteiger partial charge in [-0.15, -0.1) is 11.3 Å². The monoisotopic (exact) mass is 441 g/mol. The summed E-state index contributed by atoms with van der Waals surface area (Å²) < 4.78 is 12.0. The predicted octanol–water partition coefficient (Wildman–Crippen LogP) is 3.30. The Labute approximate surface area is 182 Å². The molecule has 9 heteroatoms. The van der Waals surface area contributed by atoms with Crippen LogP contribution >= 0.6 is 11.3 Å². The van der Waals surface area contributed by atoms with Crippen LogP contribution in [-0.2, 0) is 22.5 Å². The van der Waals surface area contributed by atoms with Crippen LogP contribution in [-0.4, -0.2) is 35.1 Å². The van der Waals surface area contributed by atoms with Gasteiger partial charge in [0.25, 0.3) is 11.5 Å². The Balaban J connectivity index is 1.48. The predicted molar refractivity (Wildman–Crippen MR) is 118 cm³/mol. The number of esters is 1. The molecule has 0 fully saturated rings. The number of nitrogens with zero attached hydrogens (tertiary/aromatic N) is 2. The van der Waals surface area contributed by atoms with E-state index in [0.717, 1.165) is 42.8 Å². The van der Waals surface area contributed by atoms with Crippen molar-refractivity contribution in [1.82, 2.24) is 9.55 Å². The maximum atomic E-state index is 13.0. The van der Waals surface area contributed by atoms with Crippen LogP contribution in [0.5, 0.6) is 5.75 Å². The standard InChI is InChI=1S/C22H23N3O5S/c1-13-18-20(24-16-6-4-3-5-11-25(16)21(18)27)31-19(13)22(28)30-12-17(26)23-14-7-9-15(29-2)10-8-14/h7-10H,3-6,11-12H2,1-2H3,(H,23,26). The van der Waals surface area contributed by atoms with E-state index in [1.165, 1.54) is 0 Å². The summed E-state index contributed by atoms with van der Waals surface area (Å²) in [4.78, 5) is 43.3. The highest BCUT2D eigenvalue weighted by Gasteiger charge is 2.23. The molecule has 4 rings (SSSR count). The van der Waals surface area contributed by atoms with Crippen molar-refractivity contribution < 1.29 is 19.1 Å². The van der Waals surface area contributed by atoms with Crippen molar-refractivity contribution >= 4 is 39.1 Å². The van der Waals surface area contributed by atoms with Crippen molar-refractivity contribution in [3.8, 4) is 5.75 Å². The first-order valence-electron chi connectivity index (χ1n) is 10.1. The maximum Gasteiger partial charge on any atom is 0.349 e. The quantitative estimate of drug-likeness (QED) is 0.610. The minimum Gasteiger partial charge on any atom is -0.497 e. The zero-order chi connectivity index (χ0) is 22.0. The normalized spacial score (nSPS) is 13.4. The molecule has 162 valence electrons. The number of hydrogen-bond donors (Lipinski definition) is 1. The van der Waals surface area contributed by atoms with Gasteiger partial charge in [0, 0.05) is 18.7 Å². The van der Waals surface area contributed by atoms with Crippen LogP contribution in [0.3, 0.4) is 0 Å². The largest absolute Gasteiger partial charge is 0.497 e. The van der Waals surface area contributed by atoms with E-state index in [-0.39, 0.29) is 5.56 Å². The van der Waals surface area contributed by atoms with Gasteiger partial charge in [0.1, 0.15) is 21.3 Å². The number of amides is 1. The van der Waals surface area contributed by atoms with Gasteiger partial charge in [-0.25, -0.2) is 9.78 Å². The van der Waals surface area contributed by atoms with Gasteiger partial charge in [0.15, 0.2) is 6.61 Å². The summed E-state index contributed by atoms with van der Waals surface area (Å²) in [6.45, 7) is 1.94. The number of rotatable bonds is 5. The number of methoxy groups -OCH3 is 1. The molecular weight excluding hydrogens is 418 g/mol. The second-order valence-corrected chi connectivity index (χ2v) is 8.38. The molecule has 8 nitrogen and oxygen atoms in total. The van der Waals surface area contributed by atoms with Gasteiger partial charge in [0.05, 0.1) is 12.5 Å². The van der Waals surface area contributed by atoms with E-state index < -0.39 is 18.5 Å². The molecule has 0 bridgehead atoms. The highest BCUT2D eigenvalue weighted by atomic mass is 32.1. The molecule has 31 heavy (non-hydrogen) atoms. The molecule has 1 amide bonds. The number of hydrogen-bond acceptors (Lipinski definition) is 7. The van der Waals surface area contributed by atoms with E-state index in [2.05, 4.69) is 10.3 Å². The number of aryl methyl sites for hydroxylation is 2. The van der Waals surface area contributed by atoms with E-state index in [9.17, 15) is 14.4 Å². The Morgan fingerprint density at radius 3 is 2.71 bits per heavy atom. The maximum absolute atomic E-state index is 13.0. The van der Waals surface area contributed by atoms with Gasteiger partial charge in [-0.3, -0.25) is 14.2 Å². The molecule has 0 saturated heterocycles. The van der Waals surface area contributed by atoms with Gasteiger partial charge >= 0.3 is 5.97 Å². The van der Waals surface area contributed by atoms with Crippen molar-refractivity contribution in [1.29, 1.82) is 0 Å². The van der Waals surface area contributed by atoms with Crippen molar-refractivity contribution in [2.75, 3.05) is 19.0 Å². The topological polar surface area (TPSA) is 99.5 Å². The number of carbonyl (C=O) groups is 2. The molecule has 1 aromatic carbocycles. The SMILES string of the molecule is COc1ccc(NC(=O)COC(=O)c2sc3nc4n(c(=O)c3c2C)CCCCC4)cc1. The molecule has 2 aromatic heterocycles. The number of anilines is 1. The highest BCUT2D eigenvalue weighted by molar-refractivity contribution is 7.20. The first-order chi connectivity index (χ1) is 15.0. The van der Waals surface area contributed by atoms with E-state index >= 15 is 0 Å². The Morgan fingerprint density at radius 2 is 1.97 bits per heavy atom. The third kappa shape index (κ3) is 4.32. The molecule has 3 aromatic rings. The molecule has 1 N–H and O–H groups in total. The molecule has 1 aliphatic heterocycles. The lowest BCUT2D eigenvalue weighted by molar-refractivity contribution is -0.119. The number of carbonyl (C=O) groups excluding carboxylic acids is 2. The van der Waals surface area contributed by atoms with Gasteiger partial charge in [-0.2, -0.15) is 0 Å². The van der Waals surface area contributed by atoms with E-state index in [0.29, 0.717) is 38.6 Å². The highest BCUT2D eigenvalue weighted by Crippen LogP contribution is 2.29. The van der Waals surface area contributed by atoms with Crippen LogP contribution in [0.2, 0.25) is 0 Å². The second-order valence-electron chi connectivity index (χ2n) is 7.38. The molecule has 0 spiro atoms. The zero-order valence-corrected chi connectivity index (χ0v) is 18.2. The Hall–Kier alpha value is -3.20. The van der Waals surface area contributed by atoms with Crippen molar-refractivity contribution in [2.24, 2.45) is 0 Å². The smallest absolute Gasteiger partial charge is 0.349 e. The van der Waals surface area contributed by atoms with Gasteiger partial charge in [-0.1, -0.05) is 6.42 Å². The number of benzene rings is 1. The summed E-state index contributed by atoms with van der Waals surface area (Å²) in [5.74, 6) is 0.355. The molecule has 0 atom stereocenters. The Morgan fingerprint density at radius 1 is 1.19 bits per heavy atom. The van der Waals surface area contributed by atoms with Gasteiger partial charge < -0.3 is 14.8 Å². The Kier molecular flexibility index (Phi) is 6.03. The fourth-order valence-electron chi connectivity index (χ4n) is 3.67. The Bertz CT molecular complexity index is 1200. The molecule has 3 heterocycles. The summed E-state index contributed by atoms with van der Waals surface area (Å²) in [7, 11) is 1.56. The van der Waals surface area contributed by atoms with Gasteiger partial charge in [-0.05, 0) is 49.6 Å². The molecule has 1 aliphatic rings. The van der Waals surface area contributed by atoms with E-state index in [1.807, 2.05) is 0 Å². The van der Waals surface area contributed by atoms with Crippen molar-refractivity contribution in [2.45, 2.75) is 39.2 Å². The fourth-order valence-corrected chi connectivity index (χ4v) is 4.76. The summed E-state index contributed by atoms with van der Waals surface area (Å²) in [5, 5.41) is 3.12. The average molecular weight is 442 g/mol. The van der Waals surface area contributed by atoms with Crippen molar-refractivity contribution in [3.63, 3.8) is 0 Å². The van der Waals surface area contributed by atoms with E-state index in [4.69, 9.17) is 9.47 Å². The molecule has 0 aliphatic carbocycles. The zero-order valence-electron chi connectivity index (χ0n) is 17.4. The lowest BCUT2D eigenvalue weighted by atomic mass is 10.2. The third-order valence-electron chi connectivity index (χ3n) is 5.31. The fraction of sp³-hybridized carbons (Fsp3) is 0.364. The van der Waals surface area contributed by atoms with E-state index in [1.54, 1.807) is 42.9 Å². The summed E-state index contributed by atoms with van der Waals surface area (Å²) in [6.07, 6.45) is 3.78. The number of nitrogens with one attached hydrogen (secondary N) is 1. The summed E-state index contributed by atoms with van der Waals surface area (Å²) in [6, 6.07) is 6.82. The van der Waals surface area contributed by atoms with Crippen LogP contribution in [0.1, 0.15) is 40.3 Å². The molecule has 0 saturated carbocycles. The molecular formula is C22H23N3O5S. The lowest BCUT2D eigenvalue weighted by Gasteiger charge is -2.08. The minimum absolute atomic E-state index is 0.105. The summed E-state index contributed by atoms with van der Waals surface area (Å²) in [5.41, 5.74) is 1.02. The first-order valence-corrected chi connectivity index (χ1v) is 10.9. The number of fused-ring (bicyclic) bond motifs is 2. The van der Waals surface area contributed by atoms with Crippen LogP contribution in [0.15, 0.2) is 29.1 Å². The average Bonchev–Trinajstić information content (AvgIpc) is 2.94.